The van der Waals surface area contributed by atoms with Crippen LogP contribution in [-0.4, -0.2) is 19.1 Å². The predicted molar refractivity (Wildman–Crippen MR) is 86.1 cm³/mol. The van der Waals surface area contributed by atoms with Crippen molar-refractivity contribution in [3.05, 3.63) is 59.9 Å². The summed E-state index contributed by atoms with van der Waals surface area (Å²) in [4.78, 5) is 11.9. The van der Waals surface area contributed by atoms with E-state index in [4.69, 9.17) is 9.47 Å². The Balaban J connectivity index is 1.67. The number of anilines is 1. The van der Waals surface area contributed by atoms with Gasteiger partial charge < -0.3 is 14.8 Å². The van der Waals surface area contributed by atoms with Crippen molar-refractivity contribution in [1.29, 1.82) is 0 Å². The molecule has 1 aliphatic heterocycles. The van der Waals surface area contributed by atoms with E-state index < -0.39 is 0 Å². The average Bonchev–Trinajstić information content (AvgIpc) is 2.78. The van der Waals surface area contributed by atoms with E-state index in [0.29, 0.717) is 36.0 Å². The molecule has 2 aromatic rings. The first-order chi connectivity index (χ1) is 11.2. The molecule has 1 amide bonds. The van der Waals surface area contributed by atoms with E-state index in [9.17, 15) is 9.18 Å². The van der Waals surface area contributed by atoms with Crippen molar-refractivity contribution < 1.29 is 18.7 Å². The molecule has 23 heavy (non-hydrogen) atoms. The van der Waals surface area contributed by atoms with E-state index in [-0.39, 0.29) is 11.7 Å². The maximum absolute atomic E-state index is 13.1. The second-order valence-corrected chi connectivity index (χ2v) is 5.09. The predicted octanol–water partition coefficient (Wildman–Crippen LogP) is 3.64. The summed E-state index contributed by atoms with van der Waals surface area (Å²) in [7, 11) is 0. The van der Waals surface area contributed by atoms with Gasteiger partial charge in [-0.05, 0) is 35.9 Å². The van der Waals surface area contributed by atoms with Crippen molar-refractivity contribution in [2.24, 2.45) is 0 Å². The minimum absolute atomic E-state index is 0.302. The highest BCUT2D eigenvalue weighted by molar-refractivity contribution is 6.02. The van der Waals surface area contributed by atoms with Crippen LogP contribution in [0.25, 0.3) is 6.08 Å². The molecule has 0 saturated carbocycles. The third-order valence-corrected chi connectivity index (χ3v) is 3.29. The van der Waals surface area contributed by atoms with Crippen LogP contribution in [-0.2, 0) is 4.79 Å². The smallest absolute Gasteiger partial charge is 0.248 e. The Morgan fingerprint density at radius 2 is 1.91 bits per heavy atom. The van der Waals surface area contributed by atoms with Gasteiger partial charge in [0.2, 0.25) is 5.91 Å². The number of nitrogens with one attached hydrogen (secondary N) is 1. The largest absolute Gasteiger partial charge is 0.490 e. The zero-order chi connectivity index (χ0) is 16.1. The van der Waals surface area contributed by atoms with E-state index >= 15 is 0 Å². The van der Waals surface area contributed by atoms with Crippen molar-refractivity contribution in [2.45, 2.75) is 6.42 Å². The van der Waals surface area contributed by atoms with Gasteiger partial charge in [-0.15, -0.1) is 0 Å². The molecule has 0 aliphatic carbocycles. The van der Waals surface area contributed by atoms with E-state index in [1.165, 1.54) is 18.2 Å². The summed E-state index contributed by atoms with van der Waals surface area (Å²) in [5.74, 6) is 0.657. The van der Waals surface area contributed by atoms with Crippen LogP contribution in [0.1, 0.15) is 12.0 Å². The summed E-state index contributed by atoms with van der Waals surface area (Å²) in [6, 6.07) is 11.3. The molecule has 0 atom stereocenters. The Bertz CT molecular complexity index is 743. The number of carbonyl (C=O) groups is 1. The van der Waals surface area contributed by atoms with E-state index in [1.807, 2.05) is 0 Å². The molecule has 118 valence electrons. The van der Waals surface area contributed by atoms with Crippen LogP contribution in [0.4, 0.5) is 10.1 Å². The van der Waals surface area contributed by atoms with Crippen molar-refractivity contribution in [3.8, 4) is 11.5 Å². The van der Waals surface area contributed by atoms with Crippen molar-refractivity contribution >= 4 is 17.7 Å². The molecule has 0 saturated heterocycles. The Morgan fingerprint density at radius 1 is 1.09 bits per heavy atom. The minimum atomic E-state index is -0.338. The maximum Gasteiger partial charge on any atom is 0.248 e. The van der Waals surface area contributed by atoms with Crippen molar-refractivity contribution in [2.75, 3.05) is 18.5 Å². The number of carbonyl (C=O) groups excluding carboxylic acids is 1. The van der Waals surface area contributed by atoms with Gasteiger partial charge in [-0.3, -0.25) is 4.79 Å². The first-order valence-corrected chi connectivity index (χ1v) is 7.35. The zero-order valence-electron chi connectivity index (χ0n) is 12.4. The topological polar surface area (TPSA) is 47.6 Å². The molecular formula is C18H16FNO3. The first kappa shape index (κ1) is 15.1. The molecule has 1 N–H and O–H groups in total. The molecular weight excluding hydrogens is 297 g/mol. The molecule has 2 aromatic carbocycles. The molecule has 4 nitrogen and oxygen atoms in total. The molecule has 0 aromatic heterocycles. The summed E-state index contributed by atoms with van der Waals surface area (Å²) < 4.78 is 24.2. The number of rotatable bonds is 3. The molecule has 0 spiro atoms. The van der Waals surface area contributed by atoms with E-state index in [0.717, 1.165) is 6.42 Å². The number of amides is 1. The molecule has 3 rings (SSSR count). The zero-order valence-corrected chi connectivity index (χ0v) is 12.4. The van der Waals surface area contributed by atoms with Gasteiger partial charge in [0.15, 0.2) is 11.5 Å². The van der Waals surface area contributed by atoms with Gasteiger partial charge in [0, 0.05) is 24.3 Å². The Labute approximate surface area is 133 Å². The molecule has 0 bridgehead atoms. The lowest BCUT2D eigenvalue weighted by Crippen LogP contribution is -2.08. The number of ether oxygens (including phenoxy) is 2. The van der Waals surface area contributed by atoms with Crippen LogP contribution in [0.3, 0.4) is 0 Å². The van der Waals surface area contributed by atoms with Crippen LogP contribution in [0.2, 0.25) is 0 Å². The highest BCUT2D eigenvalue weighted by Gasteiger charge is 2.11. The number of benzene rings is 2. The third-order valence-electron chi connectivity index (χ3n) is 3.29. The fourth-order valence-electron chi connectivity index (χ4n) is 2.21. The van der Waals surface area contributed by atoms with Gasteiger partial charge in [0.1, 0.15) is 5.82 Å². The summed E-state index contributed by atoms with van der Waals surface area (Å²) in [5, 5.41) is 2.74. The Hall–Kier alpha value is -2.82. The summed E-state index contributed by atoms with van der Waals surface area (Å²) >= 11 is 0. The lowest BCUT2D eigenvalue weighted by molar-refractivity contribution is -0.111. The van der Waals surface area contributed by atoms with Gasteiger partial charge in [-0.2, -0.15) is 0 Å². The number of hydrogen-bond acceptors (Lipinski definition) is 3. The summed E-state index contributed by atoms with van der Waals surface area (Å²) in [5.41, 5.74) is 1.24. The molecule has 5 heteroatoms. The van der Waals surface area contributed by atoms with Crippen LogP contribution >= 0.6 is 0 Å². The van der Waals surface area contributed by atoms with E-state index in [1.54, 1.807) is 36.4 Å². The van der Waals surface area contributed by atoms with Gasteiger partial charge in [-0.1, -0.05) is 12.1 Å². The summed E-state index contributed by atoms with van der Waals surface area (Å²) in [6.07, 6.45) is 3.74. The van der Waals surface area contributed by atoms with Crippen LogP contribution in [0.5, 0.6) is 11.5 Å². The second kappa shape index (κ2) is 6.96. The summed E-state index contributed by atoms with van der Waals surface area (Å²) in [6.45, 7) is 1.21. The van der Waals surface area contributed by atoms with Gasteiger partial charge in [0.05, 0.1) is 13.2 Å². The highest BCUT2D eigenvalue weighted by Crippen LogP contribution is 2.32. The fourth-order valence-corrected chi connectivity index (χ4v) is 2.21. The number of fused-ring (bicyclic) bond motifs is 1. The molecule has 0 unspecified atom stereocenters. The number of hydrogen-bond donors (Lipinski definition) is 1. The average molecular weight is 313 g/mol. The van der Waals surface area contributed by atoms with Crippen LogP contribution in [0, 0.1) is 5.82 Å². The van der Waals surface area contributed by atoms with Gasteiger partial charge >= 0.3 is 0 Å². The Kier molecular flexibility index (Phi) is 4.57. The third kappa shape index (κ3) is 4.10. The lowest BCUT2D eigenvalue weighted by Gasteiger charge is -2.09. The van der Waals surface area contributed by atoms with Crippen LogP contribution in [0.15, 0.2) is 48.5 Å². The number of halogens is 1. The molecule has 1 heterocycles. The van der Waals surface area contributed by atoms with Crippen molar-refractivity contribution in [3.63, 3.8) is 0 Å². The molecule has 0 radical (unpaired) electrons. The second-order valence-electron chi connectivity index (χ2n) is 5.09. The Morgan fingerprint density at radius 3 is 2.74 bits per heavy atom. The lowest BCUT2D eigenvalue weighted by atomic mass is 10.2. The SMILES string of the molecule is O=C(/C=C/c1cccc(F)c1)Nc1ccc2c(c1)OCCCO2. The normalized spacial score (nSPS) is 13.6. The van der Waals surface area contributed by atoms with Gasteiger partial charge in [-0.25, -0.2) is 4.39 Å². The minimum Gasteiger partial charge on any atom is -0.490 e. The highest BCUT2D eigenvalue weighted by atomic mass is 19.1. The fraction of sp³-hybridized carbons (Fsp3) is 0.167. The quantitative estimate of drug-likeness (QED) is 0.880. The molecule has 0 fully saturated rings. The first-order valence-electron chi connectivity index (χ1n) is 7.35. The van der Waals surface area contributed by atoms with E-state index in [2.05, 4.69) is 5.32 Å². The maximum atomic E-state index is 13.1. The van der Waals surface area contributed by atoms with Crippen LogP contribution < -0.4 is 14.8 Å². The monoisotopic (exact) mass is 313 g/mol. The standard InChI is InChI=1S/C18H16FNO3/c19-14-4-1-3-13(11-14)5-8-18(21)20-15-6-7-16-17(12-15)23-10-2-9-22-16/h1,3-8,11-12H,2,9-10H2,(H,20,21)/b8-5+. The van der Waals surface area contributed by atoms with Crippen molar-refractivity contribution in [1.82, 2.24) is 0 Å². The molecule has 1 aliphatic rings. The van der Waals surface area contributed by atoms with Gasteiger partial charge in [0.25, 0.3) is 0 Å².